The summed E-state index contributed by atoms with van der Waals surface area (Å²) in [5.74, 6) is -1.000. The average molecular weight is 423 g/mol. The van der Waals surface area contributed by atoms with Gasteiger partial charge < -0.3 is 9.94 Å². The quantitative estimate of drug-likeness (QED) is 0.239. The summed E-state index contributed by atoms with van der Waals surface area (Å²) in [7, 11) is 0. The number of non-ortho nitro benzene ring substituents is 1. The van der Waals surface area contributed by atoms with E-state index in [1.54, 1.807) is 0 Å². The van der Waals surface area contributed by atoms with Gasteiger partial charge in [0.25, 0.3) is 11.5 Å². The van der Waals surface area contributed by atoms with Crippen molar-refractivity contribution >= 4 is 17.2 Å². The number of halogens is 6. The second kappa shape index (κ2) is 6.39. The van der Waals surface area contributed by atoms with Crippen LogP contribution in [0.3, 0.4) is 0 Å². The molecule has 156 valence electrons. The Morgan fingerprint density at radius 3 is 2.34 bits per heavy atom. The van der Waals surface area contributed by atoms with Crippen molar-refractivity contribution in [3.05, 3.63) is 57.4 Å². The lowest BCUT2D eigenvalue weighted by Crippen LogP contribution is -2.58. The molecule has 1 aliphatic rings. The zero-order valence-electron chi connectivity index (χ0n) is 14.4. The van der Waals surface area contributed by atoms with E-state index in [1.165, 1.54) is 0 Å². The van der Waals surface area contributed by atoms with E-state index >= 15 is 0 Å². The monoisotopic (exact) mass is 423 g/mol. The molecule has 0 amide bonds. The van der Waals surface area contributed by atoms with Crippen LogP contribution in [-0.4, -0.2) is 23.2 Å². The van der Waals surface area contributed by atoms with Crippen molar-refractivity contribution in [3.63, 3.8) is 0 Å². The summed E-state index contributed by atoms with van der Waals surface area (Å²) < 4.78 is 83.8. The minimum Gasteiger partial charge on any atom is -0.711 e. The van der Waals surface area contributed by atoms with E-state index in [1.807, 2.05) is 0 Å². The molecule has 2 aromatic rings. The van der Waals surface area contributed by atoms with Gasteiger partial charge in [-0.3, -0.25) is 10.1 Å². The molecule has 0 bridgehead atoms. The number of nitro groups is 1. The predicted molar refractivity (Wildman–Crippen MR) is 85.6 cm³/mol. The van der Waals surface area contributed by atoms with E-state index < -0.39 is 52.2 Å². The minimum atomic E-state index is -4.91. The summed E-state index contributed by atoms with van der Waals surface area (Å²) in [6, 6.07) is 3.95. The van der Waals surface area contributed by atoms with Crippen LogP contribution in [0.2, 0.25) is 0 Å². The zero-order valence-corrected chi connectivity index (χ0v) is 14.4. The Bertz CT molecular complexity index is 978. The molecule has 0 spiro atoms. The maximum absolute atomic E-state index is 13.5. The Morgan fingerprint density at radius 1 is 1.17 bits per heavy atom. The molecule has 1 aliphatic heterocycles. The lowest BCUT2D eigenvalue weighted by atomic mass is 10.0. The maximum Gasteiger partial charge on any atom is 0.431 e. The Kier molecular flexibility index (Phi) is 4.51. The molecule has 2 heterocycles. The van der Waals surface area contributed by atoms with Gasteiger partial charge in [-0.25, -0.2) is 9.63 Å². The summed E-state index contributed by atoms with van der Waals surface area (Å²) in [5.41, 5.74) is -4.89. The van der Waals surface area contributed by atoms with Crippen molar-refractivity contribution in [2.75, 3.05) is 11.4 Å². The summed E-state index contributed by atoms with van der Waals surface area (Å²) in [5, 5.41) is 23.2. The summed E-state index contributed by atoms with van der Waals surface area (Å²) in [4.78, 5) is 10.9. The van der Waals surface area contributed by atoms with Crippen LogP contribution in [0.15, 0.2) is 36.5 Å². The number of alkyl halides is 6. The SMILES string of the molecule is C[C@@]1(C(F)(F)F)CN(c2ccc(C(F)(F)F)c[n+]2[O-])c2cc([N+](=O)[O-])ccc2O1. The highest BCUT2D eigenvalue weighted by atomic mass is 19.4. The van der Waals surface area contributed by atoms with Crippen molar-refractivity contribution < 1.29 is 40.7 Å². The molecule has 3 rings (SSSR count). The number of fused-ring (bicyclic) bond motifs is 1. The Morgan fingerprint density at radius 2 is 1.83 bits per heavy atom. The molecule has 0 fully saturated rings. The maximum atomic E-state index is 13.5. The van der Waals surface area contributed by atoms with Crippen molar-refractivity contribution in [2.45, 2.75) is 24.9 Å². The third-order valence-corrected chi connectivity index (χ3v) is 4.34. The summed E-state index contributed by atoms with van der Waals surface area (Å²) in [6.07, 6.45) is -9.58. The fourth-order valence-electron chi connectivity index (χ4n) is 2.78. The van der Waals surface area contributed by atoms with Crippen molar-refractivity contribution in [2.24, 2.45) is 0 Å². The third-order valence-electron chi connectivity index (χ3n) is 4.34. The zero-order chi connectivity index (χ0) is 21.8. The Labute approximate surface area is 158 Å². The second-order valence-corrected chi connectivity index (χ2v) is 6.43. The van der Waals surface area contributed by atoms with Gasteiger partial charge in [0.1, 0.15) is 12.7 Å². The first-order valence-electron chi connectivity index (χ1n) is 7.85. The number of hydrogen-bond donors (Lipinski definition) is 0. The van der Waals surface area contributed by atoms with Gasteiger partial charge in [-0.15, -0.1) is 0 Å². The smallest absolute Gasteiger partial charge is 0.431 e. The third kappa shape index (κ3) is 3.59. The van der Waals surface area contributed by atoms with Gasteiger partial charge in [-0.2, -0.15) is 26.3 Å². The molecule has 0 unspecified atom stereocenters. The van der Waals surface area contributed by atoms with E-state index in [4.69, 9.17) is 4.74 Å². The molecule has 1 aromatic carbocycles. The second-order valence-electron chi connectivity index (χ2n) is 6.43. The molecule has 0 saturated carbocycles. The first-order valence-corrected chi connectivity index (χ1v) is 7.85. The minimum absolute atomic E-state index is 0.173. The number of aromatic nitrogens is 1. The van der Waals surface area contributed by atoms with Gasteiger partial charge in [0, 0.05) is 12.1 Å². The topological polar surface area (TPSA) is 82.5 Å². The van der Waals surface area contributed by atoms with E-state index in [0.717, 1.165) is 23.1 Å². The standard InChI is InChI=1S/C16H11F6N3O4/c1-14(16(20,21)22)8-23(11-6-10(25(27)28)3-4-12(11)29-14)13-5-2-9(7-24(13)26)15(17,18)19/h2-7H,8H2,1H3/t14-/m0/s1. The molecule has 0 N–H and O–H groups in total. The predicted octanol–water partition coefficient (Wildman–Crippen LogP) is 4.10. The number of hydrogen-bond acceptors (Lipinski definition) is 5. The number of rotatable bonds is 2. The molecule has 13 heteroatoms. The van der Waals surface area contributed by atoms with Crippen LogP contribution >= 0.6 is 0 Å². The normalized spacial score (nSPS) is 19.5. The van der Waals surface area contributed by atoms with Crippen LogP contribution in [0.4, 0.5) is 43.5 Å². The highest BCUT2D eigenvalue weighted by Gasteiger charge is 2.59. The van der Waals surface area contributed by atoms with Gasteiger partial charge in [0.2, 0.25) is 5.60 Å². The summed E-state index contributed by atoms with van der Waals surface area (Å²) >= 11 is 0. The highest BCUT2D eigenvalue weighted by molar-refractivity contribution is 5.71. The molecule has 1 aromatic heterocycles. The molecule has 0 radical (unpaired) electrons. The first kappa shape index (κ1) is 20.5. The number of benzene rings is 1. The average Bonchev–Trinajstić information content (AvgIpc) is 2.58. The molecule has 1 atom stereocenters. The Balaban J connectivity index is 2.19. The lowest BCUT2D eigenvalue weighted by molar-refractivity contribution is -0.593. The van der Waals surface area contributed by atoms with Crippen LogP contribution in [0, 0.1) is 15.3 Å². The van der Waals surface area contributed by atoms with Crippen LogP contribution in [0.1, 0.15) is 12.5 Å². The van der Waals surface area contributed by atoms with Crippen LogP contribution in [0.25, 0.3) is 0 Å². The van der Waals surface area contributed by atoms with E-state index in [-0.39, 0.29) is 16.6 Å². The Hall–Kier alpha value is -3.25. The number of ether oxygens (including phenoxy) is 1. The van der Waals surface area contributed by atoms with E-state index in [9.17, 15) is 41.7 Å². The largest absolute Gasteiger partial charge is 0.711 e. The van der Waals surface area contributed by atoms with Gasteiger partial charge in [-0.1, -0.05) is 0 Å². The lowest BCUT2D eigenvalue weighted by Gasteiger charge is -2.39. The van der Waals surface area contributed by atoms with Crippen LogP contribution < -0.4 is 14.4 Å². The molecule has 0 aliphatic carbocycles. The van der Waals surface area contributed by atoms with Crippen LogP contribution in [-0.2, 0) is 6.18 Å². The van der Waals surface area contributed by atoms with Gasteiger partial charge in [0.15, 0.2) is 11.4 Å². The fourth-order valence-corrected chi connectivity index (χ4v) is 2.78. The van der Waals surface area contributed by atoms with Crippen molar-refractivity contribution in [1.29, 1.82) is 0 Å². The van der Waals surface area contributed by atoms with Crippen LogP contribution in [0.5, 0.6) is 5.75 Å². The molecule has 29 heavy (non-hydrogen) atoms. The van der Waals surface area contributed by atoms with Gasteiger partial charge in [-0.05, 0) is 19.1 Å². The van der Waals surface area contributed by atoms with Gasteiger partial charge >= 0.3 is 12.4 Å². The molecular formula is C16H11F6N3O4. The van der Waals surface area contributed by atoms with E-state index in [0.29, 0.717) is 19.1 Å². The molecule has 7 nitrogen and oxygen atoms in total. The van der Waals surface area contributed by atoms with Crippen molar-refractivity contribution in [1.82, 2.24) is 0 Å². The number of nitrogens with zero attached hydrogens (tertiary/aromatic N) is 3. The number of nitro benzene ring substituents is 1. The van der Waals surface area contributed by atoms with E-state index in [2.05, 4.69) is 0 Å². The number of anilines is 2. The molecular weight excluding hydrogens is 412 g/mol. The van der Waals surface area contributed by atoms with Crippen molar-refractivity contribution in [3.8, 4) is 5.75 Å². The fraction of sp³-hybridized carbons (Fsp3) is 0.312. The highest BCUT2D eigenvalue weighted by Crippen LogP contribution is 2.47. The summed E-state index contributed by atoms with van der Waals surface area (Å²) in [6.45, 7) is -0.318. The number of pyridine rings is 1. The first-order chi connectivity index (χ1) is 13.2. The molecule has 0 saturated heterocycles. The van der Waals surface area contributed by atoms with Gasteiger partial charge in [0.05, 0.1) is 16.6 Å².